The zero-order chi connectivity index (χ0) is 25.3. The summed E-state index contributed by atoms with van der Waals surface area (Å²) in [5.41, 5.74) is -2.02. The summed E-state index contributed by atoms with van der Waals surface area (Å²) in [4.78, 5) is 25.5. The molecule has 0 atom stereocenters. The number of amides is 1. The number of aliphatic hydroxyl groups is 1. The van der Waals surface area contributed by atoms with Gasteiger partial charge in [0.1, 0.15) is 17.2 Å². The molecule has 0 radical (unpaired) electrons. The molecule has 0 aliphatic rings. The van der Waals surface area contributed by atoms with Crippen LogP contribution < -0.4 is 16.3 Å². The average Bonchev–Trinajstić information content (AvgIpc) is 2.73. The van der Waals surface area contributed by atoms with E-state index in [1.54, 1.807) is 34.5 Å². The second kappa shape index (κ2) is 9.52. The number of carbonyl (C=O) groups is 1. The van der Waals surface area contributed by atoms with Gasteiger partial charge in [-0.05, 0) is 81.7 Å². The molecule has 0 unspecified atom stereocenters. The second-order valence-corrected chi connectivity index (χ2v) is 9.09. The minimum atomic E-state index is -1.15. The summed E-state index contributed by atoms with van der Waals surface area (Å²) in [6, 6.07) is 12.3. The highest BCUT2D eigenvalue weighted by atomic mass is 19.1. The molecule has 0 saturated carbocycles. The Balaban J connectivity index is 1.80. The monoisotopic (exact) mass is 468 g/mol. The first-order chi connectivity index (χ1) is 15.8. The van der Waals surface area contributed by atoms with Gasteiger partial charge in [0, 0.05) is 17.6 Å². The maximum Gasteiger partial charge on any atom is 0.327 e. The van der Waals surface area contributed by atoms with Crippen molar-refractivity contribution in [2.45, 2.75) is 45.7 Å². The van der Waals surface area contributed by atoms with Crippen LogP contribution in [0.1, 0.15) is 38.1 Å². The summed E-state index contributed by atoms with van der Waals surface area (Å²) < 4.78 is 35.1. The Bertz CT molecular complexity index is 1250. The Morgan fingerprint density at radius 3 is 2.29 bits per heavy atom. The van der Waals surface area contributed by atoms with Crippen LogP contribution in [-0.2, 0) is 4.65 Å². The number of nitrogens with one attached hydrogen (secondary N) is 1. The SMILES string of the molecule is CB(OC(C)(C)C(C)(C)O)c1ccc(NC(=O)c2cccn(-c3ccc(F)cc3)c2=O)cc1F. The molecule has 6 nitrogen and oxygen atoms in total. The van der Waals surface area contributed by atoms with Crippen molar-refractivity contribution in [3.8, 4) is 5.69 Å². The number of anilines is 1. The van der Waals surface area contributed by atoms with Gasteiger partial charge in [-0.3, -0.25) is 14.2 Å². The van der Waals surface area contributed by atoms with Crippen LogP contribution in [0.5, 0.6) is 0 Å². The van der Waals surface area contributed by atoms with Gasteiger partial charge in [0.05, 0.1) is 11.2 Å². The maximum atomic E-state index is 14.8. The number of benzene rings is 2. The molecule has 2 aromatic carbocycles. The summed E-state index contributed by atoms with van der Waals surface area (Å²) in [7, 11) is 0. The highest BCUT2D eigenvalue weighted by molar-refractivity contribution is 6.66. The van der Waals surface area contributed by atoms with Crippen LogP contribution in [0.15, 0.2) is 65.6 Å². The largest absolute Gasteiger partial charge is 0.423 e. The van der Waals surface area contributed by atoms with Crippen LogP contribution in [0.4, 0.5) is 14.5 Å². The Morgan fingerprint density at radius 1 is 1.06 bits per heavy atom. The fourth-order valence-corrected chi connectivity index (χ4v) is 3.25. The molecule has 178 valence electrons. The smallest absolute Gasteiger partial charge is 0.327 e. The van der Waals surface area contributed by atoms with Crippen LogP contribution in [0, 0.1) is 11.6 Å². The van der Waals surface area contributed by atoms with Crippen LogP contribution in [-0.4, -0.2) is 33.7 Å². The first kappa shape index (κ1) is 25.3. The van der Waals surface area contributed by atoms with Gasteiger partial charge in [0.15, 0.2) is 0 Å². The number of hydrogen-bond acceptors (Lipinski definition) is 4. The van der Waals surface area contributed by atoms with Crippen LogP contribution in [0.2, 0.25) is 6.82 Å². The molecule has 1 amide bonds. The van der Waals surface area contributed by atoms with Crippen molar-refractivity contribution in [3.63, 3.8) is 0 Å². The zero-order valence-corrected chi connectivity index (χ0v) is 19.7. The Kier molecular flexibility index (Phi) is 7.09. The van der Waals surface area contributed by atoms with E-state index >= 15 is 0 Å². The molecule has 0 aliphatic heterocycles. The van der Waals surface area contributed by atoms with Crippen LogP contribution in [0.25, 0.3) is 5.69 Å². The molecule has 0 aliphatic carbocycles. The van der Waals surface area contributed by atoms with Gasteiger partial charge in [-0.25, -0.2) is 8.78 Å². The van der Waals surface area contributed by atoms with Crippen molar-refractivity contribution in [3.05, 3.63) is 88.3 Å². The Labute approximate surface area is 197 Å². The Morgan fingerprint density at radius 2 is 1.71 bits per heavy atom. The van der Waals surface area contributed by atoms with Crippen molar-refractivity contribution in [2.75, 3.05) is 5.32 Å². The minimum Gasteiger partial charge on any atom is -0.423 e. The third-order valence-corrected chi connectivity index (χ3v) is 5.94. The summed E-state index contributed by atoms with van der Waals surface area (Å²) in [5.74, 6) is -1.76. The summed E-state index contributed by atoms with van der Waals surface area (Å²) in [6.45, 7) is 7.67. The van der Waals surface area contributed by atoms with Crippen molar-refractivity contribution in [2.24, 2.45) is 0 Å². The van der Waals surface area contributed by atoms with E-state index in [4.69, 9.17) is 4.65 Å². The van der Waals surface area contributed by atoms with E-state index in [1.807, 2.05) is 0 Å². The quantitative estimate of drug-likeness (QED) is 0.518. The lowest BCUT2D eigenvalue weighted by atomic mass is 9.62. The molecule has 0 saturated heterocycles. The van der Waals surface area contributed by atoms with Crippen molar-refractivity contribution in [1.82, 2.24) is 4.57 Å². The number of hydrogen-bond donors (Lipinski definition) is 2. The van der Waals surface area contributed by atoms with Crippen LogP contribution in [0.3, 0.4) is 0 Å². The lowest BCUT2D eigenvalue weighted by Crippen LogP contribution is -2.52. The number of carbonyl (C=O) groups excluding carboxylic acids is 1. The lowest BCUT2D eigenvalue weighted by molar-refractivity contribution is -0.0918. The van der Waals surface area contributed by atoms with Gasteiger partial charge in [-0.2, -0.15) is 0 Å². The van der Waals surface area contributed by atoms with Gasteiger partial charge in [-0.15, -0.1) is 0 Å². The summed E-state index contributed by atoms with van der Waals surface area (Å²) in [6.07, 6.45) is 1.47. The normalized spacial score (nSPS) is 11.9. The van der Waals surface area contributed by atoms with E-state index in [1.165, 1.54) is 59.3 Å². The summed E-state index contributed by atoms with van der Waals surface area (Å²) >= 11 is 0. The Hall–Kier alpha value is -3.30. The number of nitrogens with zero attached hydrogens (tertiary/aromatic N) is 1. The zero-order valence-electron chi connectivity index (χ0n) is 19.7. The average molecular weight is 468 g/mol. The van der Waals surface area contributed by atoms with Gasteiger partial charge in [-0.1, -0.05) is 12.9 Å². The topological polar surface area (TPSA) is 80.6 Å². The highest BCUT2D eigenvalue weighted by Crippen LogP contribution is 2.26. The van der Waals surface area contributed by atoms with E-state index in [9.17, 15) is 23.5 Å². The van der Waals surface area contributed by atoms with Crippen molar-refractivity contribution < 1.29 is 23.3 Å². The molecule has 0 bridgehead atoms. The standard InChI is InChI=1S/C25H27BF2N2O4/c1-24(2,33)25(3,4)34-26(5)20-13-10-17(15-21(20)28)29-22(31)19-7-6-14-30(23(19)32)18-11-8-16(27)9-12-18/h6-15,33H,1-5H3,(H,29,31). The van der Waals surface area contributed by atoms with E-state index in [-0.39, 0.29) is 16.7 Å². The third kappa shape index (κ3) is 5.43. The fourth-order valence-electron chi connectivity index (χ4n) is 3.25. The van der Waals surface area contributed by atoms with Crippen LogP contribution >= 0.6 is 0 Å². The molecule has 1 heterocycles. The highest BCUT2D eigenvalue weighted by Gasteiger charge is 2.38. The molecule has 2 N–H and O–H groups in total. The molecule has 34 heavy (non-hydrogen) atoms. The maximum absolute atomic E-state index is 14.8. The number of rotatable bonds is 7. The third-order valence-electron chi connectivity index (χ3n) is 5.94. The molecule has 9 heteroatoms. The molecule has 0 spiro atoms. The number of aromatic nitrogens is 1. The lowest BCUT2D eigenvalue weighted by Gasteiger charge is -2.39. The van der Waals surface area contributed by atoms with E-state index in [0.717, 1.165) is 6.07 Å². The number of halogens is 2. The van der Waals surface area contributed by atoms with Gasteiger partial charge in [0.25, 0.3) is 11.5 Å². The molecule has 3 rings (SSSR count). The second-order valence-electron chi connectivity index (χ2n) is 9.09. The molecule has 1 aromatic heterocycles. The predicted octanol–water partition coefficient (Wildman–Crippen LogP) is 3.76. The predicted molar refractivity (Wildman–Crippen MR) is 129 cm³/mol. The molecule has 3 aromatic rings. The van der Waals surface area contributed by atoms with E-state index in [2.05, 4.69) is 5.32 Å². The first-order valence-corrected chi connectivity index (χ1v) is 10.8. The van der Waals surface area contributed by atoms with Gasteiger partial charge >= 0.3 is 6.92 Å². The van der Waals surface area contributed by atoms with Crippen molar-refractivity contribution in [1.29, 1.82) is 0 Å². The molecular formula is C25H27BF2N2O4. The minimum absolute atomic E-state index is 0.153. The fraction of sp³-hybridized carbons (Fsp3) is 0.280. The molecular weight excluding hydrogens is 441 g/mol. The van der Waals surface area contributed by atoms with Gasteiger partial charge < -0.3 is 15.1 Å². The molecule has 0 fully saturated rings. The summed E-state index contributed by atoms with van der Waals surface area (Å²) in [5, 5.41) is 12.8. The van der Waals surface area contributed by atoms with Crippen molar-refractivity contribution >= 4 is 24.0 Å². The first-order valence-electron chi connectivity index (χ1n) is 10.8. The van der Waals surface area contributed by atoms with E-state index < -0.39 is 41.2 Å². The number of pyridine rings is 1. The van der Waals surface area contributed by atoms with Gasteiger partial charge in [0.2, 0.25) is 0 Å². The van der Waals surface area contributed by atoms with E-state index in [0.29, 0.717) is 5.69 Å².